The van der Waals surface area contributed by atoms with E-state index in [1.807, 2.05) is 24.3 Å². The fourth-order valence-electron chi connectivity index (χ4n) is 2.80. The van der Waals surface area contributed by atoms with Crippen LogP contribution in [0.25, 0.3) is 0 Å². The minimum Gasteiger partial charge on any atom is -0.490 e. The SMILES string of the molecule is COCCCOc1cc(C[C@@H](CBr)C(C)C)ccc1OCc1ccccc1. The Morgan fingerprint density at radius 3 is 2.33 bits per heavy atom. The van der Waals surface area contributed by atoms with E-state index in [2.05, 4.69) is 54.0 Å². The van der Waals surface area contributed by atoms with Gasteiger partial charge in [0, 0.05) is 25.5 Å². The van der Waals surface area contributed by atoms with Crippen LogP contribution in [0.5, 0.6) is 11.5 Å². The van der Waals surface area contributed by atoms with Gasteiger partial charge >= 0.3 is 0 Å². The molecule has 0 aliphatic heterocycles. The van der Waals surface area contributed by atoms with Gasteiger partial charge in [-0.1, -0.05) is 66.2 Å². The van der Waals surface area contributed by atoms with Crippen LogP contribution in [0.2, 0.25) is 0 Å². The first-order valence-electron chi connectivity index (χ1n) is 9.61. The highest BCUT2D eigenvalue weighted by molar-refractivity contribution is 9.09. The number of hydrogen-bond donors (Lipinski definition) is 0. The molecule has 2 rings (SSSR count). The zero-order valence-corrected chi connectivity index (χ0v) is 18.2. The smallest absolute Gasteiger partial charge is 0.161 e. The van der Waals surface area contributed by atoms with Crippen LogP contribution in [-0.2, 0) is 17.8 Å². The van der Waals surface area contributed by atoms with Crippen molar-refractivity contribution in [1.82, 2.24) is 0 Å². The van der Waals surface area contributed by atoms with Crippen molar-refractivity contribution in [1.29, 1.82) is 0 Å². The van der Waals surface area contributed by atoms with Crippen LogP contribution >= 0.6 is 15.9 Å². The highest BCUT2D eigenvalue weighted by Gasteiger charge is 2.15. The molecule has 0 fully saturated rings. The lowest BCUT2D eigenvalue weighted by atomic mass is 9.91. The Labute approximate surface area is 172 Å². The van der Waals surface area contributed by atoms with Crippen molar-refractivity contribution in [2.24, 2.45) is 11.8 Å². The van der Waals surface area contributed by atoms with E-state index in [1.54, 1.807) is 7.11 Å². The topological polar surface area (TPSA) is 27.7 Å². The van der Waals surface area contributed by atoms with Crippen molar-refractivity contribution in [2.75, 3.05) is 25.7 Å². The molecule has 0 aliphatic carbocycles. The van der Waals surface area contributed by atoms with Crippen LogP contribution in [-0.4, -0.2) is 25.7 Å². The lowest BCUT2D eigenvalue weighted by molar-refractivity contribution is 0.169. The van der Waals surface area contributed by atoms with E-state index in [-0.39, 0.29) is 0 Å². The molecule has 0 saturated carbocycles. The van der Waals surface area contributed by atoms with E-state index < -0.39 is 0 Å². The van der Waals surface area contributed by atoms with E-state index in [9.17, 15) is 0 Å². The minimum absolute atomic E-state index is 0.532. The van der Waals surface area contributed by atoms with Gasteiger partial charge in [0.1, 0.15) is 6.61 Å². The maximum absolute atomic E-state index is 6.05. The first kappa shape index (κ1) is 21.8. The molecule has 27 heavy (non-hydrogen) atoms. The number of halogens is 1. The summed E-state index contributed by atoms with van der Waals surface area (Å²) in [4.78, 5) is 0. The molecular weight excluding hydrogens is 404 g/mol. The molecule has 0 aliphatic rings. The van der Waals surface area contributed by atoms with Crippen molar-refractivity contribution in [2.45, 2.75) is 33.3 Å². The predicted octanol–water partition coefficient (Wildman–Crippen LogP) is 5.89. The van der Waals surface area contributed by atoms with Gasteiger partial charge in [-0.15, -0.1) is 0 Å². The molecule has 2 aromatic rings. The van der Waals surface area contributed by atoms with Crippen LogP contribution in [0.1, 0.15) is 31.4 Å². The van der Waals surface area contributed by atoms with Crippen molar-refractivity contribution in [3.63, 3.8) is 0 Å². The van der Waals surface area contributed by atoms with E-state index in [1.165, 1.54) is 5.56 Å². The van der Waals surface area contributed by atoms with Crippen LogP contribution < -0.4 is 9.47 Å². The van der Waals surface area contributed by atoms with Crippen molar-refractivity contribution in [3.05, 3.63) is 59.7 Å². The van der Waals surface area contributed by atoms with Gasteiger partial charge in [-0.2, -0.15) is 0 Å². The molecule has 2 aromatic carbocycles. The van der Waals surface area contributed by atoms with Gasteiger partial charge in [-0.05, 0) is 41.5 Å². The Morgan fingerprint density at radius 1 is 0.889 bits per heavy atom. The molecular formula is C23H31BrO3. The minimum atomic E-state index is 0.532. The highest BCUT2D eigenvalue weighted by atomic mass is 79.9. The summed E-state index contributed by atoms with van der Waals surface area (Å²) >= 11 is 3.65. The van der Waals surface area contributed by atoms with Crippen molar-refractivity contribution < 1.29 is 14.2 Å². The lowest BCUT2D eigenvalue weighted by Gasteiger charge is -2.19. The van der Waals surface area contributed by atoms with Gasteiger partial charge in [-0.25, -0.2) is 0 Å². The van der Waals surface area contributed by atoms with Gasteiger partial charge in [-0.3, -0.25) is 0 Å². The molecule has 0 bridgehead atoms. The lowest BCUT2D eigenvalue weighted by Crippen LogP contribution is -2.13. The average molecular weight is 435 g/mol. The summed E-state index contributed by atoms with van der Waals surface area (Å²) in [6.45, 7) is 6.38. The fraction of sp³-hybridized carbons (Fsp3) is 0.478. The number of methoxy groups -OCH3 is 1. The molecule has 0 saturated heterocycles. The molecule has 0 unspecified atom stereocenters. The summed E-state index contributed by atoms with van der Waals surface area (Å²) < 4.78 is 17.2. The second kappa shape index (κ2) is 12.0. The molecule has 1 atom stereocenters. The van der Waals surface area contributed by atoms with Crippen LogP contribution in [0.3, 0.4) is 0 Å². The zero-order chi connectivity index (χ0) is 19.5. The number of alkyl halides is 1. The summed E-state index contributed by atoms with van der Waals surface area (Å²) in [6, 6.07) is 16.5. The first-order valence-corrected chi connectivity index (χ1v) is 10.7. The molecule has 148 valence electrons. The van der Waals surface area contributed by atoms with E-state index in [4.69, 9.17) is 14.2 Å². The van der Waals surface area contributed by atoms with E-state index in [0.29, 0.717) is 31.7 Å². The zero-order valence-electron chi connectivity index (χ0n) is 16.6. The molecule has 0 radical (unpaired) electrons. The fourth-order valence-corrected chi connectivity index (χ4v) is 3.78. The molecule has 0 spiro atoms. The molecule has 0 aromatic heterocycles. The summed E-state index contributed by atoms with van der Waals surface area (Å²) in [5, 5.41) is 1.00. The van der Waals surface area contributed by atoms with Gasteiger partial charge in [0.05, 0.1) is 6.61 Å². The monoisotopic (exact) mass is 434 g/mol. The third kappa shape index (κ3) is 7.55. The summed E-state index contributed by atoms with van der Waals surface area (Å²) in [5.41, 5.74) is 2.42. The van der Waals surface area contributed by atoms with Gasteiger partial charge in [0.2, 0.25) is 0 Å². The standard InChI is InChI=1S/C23H31BrO3/c1-18(2)21(16-24)14-20-10-11-22(23(15-20)26-13-7-12-25-3)27-17-19-8-5-4-6-9-19/h4-6,8-11,15,18,21H,7,12-14,16-17H2,1-3H3/t21-/m0/s1. The van der Waals surface area contributed by atoms with Crippen molar-refractivity contribution >= 4 is 15.9 Å². The molecule has 3 nitrogen and oxygen atoms in total. The maximum Gasteiger partial charge on any atom is 0.161 e. The Balaban J connectivity index is 2.10. The largest absolute Gasteiger partial charge is 0.490 e. The second-order valence-corrected chi connectivity index (χ2v) is 7.76. The molecule has 0 N–H and O–H groups in total. The van der Waals surface area contributed by atoms with E-state index in [0.717, 1.165) is 35.2 Å². The van der Waals surface area contributed by atoms with Crippen LogP contribution in [0.15, 0.2) is 48.5 Å². The third-order valence-electron chi connectivity index (χ3n) is 4.63. The predicted molar refractivity (Wildman–Crippen MR) is 115 cm³/mol. The summed E-state index contributed by atoms with van der Waals surface area (Å²) in [7, 11) is 1.71. The Kier molecular flexibility index (Phi) is 9.71. The Morgan fingerprint density at radius 2 is 1.67 bits per heavy atom. The number of benzene rings is 2. The molecule has 0 heterocycles. The average Bonchev–Trinajstić information content (AvgIpc) is 2.69. The normalized spacial score (nSPS) is 12.2. The van der Waals surface area contributed by atoms with Gasteiger partial charge in [0.15, 0.2) is 11.5 Å². The third-order valence-corrected chi connectivity index (χ3v) is 5.47. The molecule has 4 heteroatoms. The summed E-state index contributed by atoms with van der Waals surface area (Å²) in [5.74, 6) is 2.84. The Hall–Kier alpha value is -1.52. The van der Waals surface area contributed by atoms with Crippen LogP contribution in [0, 0.1) is 11.8 Å². The highest BCUT2D eigenvalue weighted by Crippen LogP contribution is 2.31. The quantitative estimate of drug-likeness (QED) is 0.307. The van der Waals surface area contributed by atoms with E-state index >= 15 is 0 Å². The number of ether oxygens (including phenoxy) is 3. The molecule has 0 amide bonds. The number of rotatable bonds is 12. The van der Waals surface area contributed by atoms with Gasteiger partial charge in [0.25, 0.3) is 0 Å². The maximum atomic E-state index is 6.05. The number of hydrogen-bond acceptors (Lipinski definition) is 3. The van der Waals surface area contributed by atoms with Gasteiger partial charge < -0.3 is 14.2 Å². The second-order valence-electron chi connectivity index (χ2n) is 7.11. The first-order chi connectivity index (χ1) is 13.1. The van der Waals surface area contributed by atoms with Crippen LogP contribution in [0.4, 0.5) is 0 Å². The Bertz CT molecular complexity index is 658. The summed E-state index contributed by atoms with van der Waals surface area (Å²) in [6.07, 6.45) is 1.88. The van der Waals surface area contributed by atoms with Crippen molar-refractivity contribution in [3.8, 4) is 11.5 Å².